The monoisotopic (exact) mass is 241 g/mol. The van der Waals surface area contributed by atoms with Crippen LogP contribution in [0.2, 0.25) is 0 Å². The van der Waals surface area contributed by atoms with E-state index in [9.17, 15) is 8.78 Å². The molecule has 2 atom stereocenters. The summed E-state index contributed by atoms with van der Waals surface area (Å²) in [4.78, 5) is 0. The summed E-state index contributed by atoms with van der Waals surface area (Å²) in [6, 6.07) is 5.70. The first-order chi connectivity index (χ1) is 8.11. The third-order valence-electron chi connectivity index (χ3n) is 3.43. The first-order valence-corrected chi connectivity index (χ1v) is 5.92. The van der Waals surface area contributed by atoms with Crippen LogP contribution in [0.5, 0.6) is 5.75 Å². The van der Waals surface area contributed by atoms with Crippen molar-refractivity contribution in [2.24, 2.45) is 0 Å². The normalized spacial score (nSPS) is 23.6. The van der Waals surface area contributed by atoms with Crippen LogP contribution in [0.25, 0.3) is 0 Å². The Morgan fingerprint density at radius 3 is 2.88 bits per heavy atom. The number of fused-ring (bicyclic) bond motifs is 1. The van der Waals surface area contributed by atoms with Gasteiger partial charge < -0.3 is 10.1 Å². The van der Waals surface area contributed by atoms with Gasteiger partial charge in [-0.1, -0.05) is 19.9 Å². The Morgan fingerprint density at radius 2 is 2.24 bits per heavy atom. The molecule has 1 aliphatic rings. The minimum Gasteiger partial charge on any atom is -0.435 e. The average Bonchev–Trinajstić information content (AvgIpc) is 2.28. The lowest BCUT2D eigenvalue weighted by Gasteiger charge is -2.32. The molecule has 2 rings (SSSR count). The van der Waals surface area contributed by atoms with Crippen molar-refractivity contribution in [2.75, 3.05) is 0 Å². The molecule has 0 radical (unpaired) electrons. The summed E-state index contributed by atoms with van der Waals surface area (Å²) < 4.78 is 28.6. The Labute approximate surface area is 100.0 Å². The molecular weight excluding hydrogens is 224 g/mol. The molecule has 0 aromatic heterocycles. The van der Waals surface area contributed by atoms with Gasteiger partial charge in [0.25, 0.3) is 0 Å². The summed E-state index contributed by atoms with van der Waals surface area (Å²) >= 11 is 0. The highest BCUT2D eigenvalue weighted by molar-refractivity contribution is 5.39. The predicted molar refractivity (Wildman–Crippen MR) is 62.4 cm³/mol. The number of hydrogen-bond donors (Lipinski definition) is 1. The minimum atomic E-state index is -2.76. The fourth-order valence-electron chi connectivity index (χ4n) is 2.49. The lowest BCUT2D eigenvalue weighted by Crippen LogP contribution is -2.37. The molecule has 17 heavy (non-hydrogen) atoms. The first-order valence-electron chi connectivity index (χ1n) is 5.92. The molecule has 1 aliphatic heterocycles. The van der Waals surface area contributed by atoms with E-state index in [0.29, 0.717) is 12.0 Å². The van der Waals surface area contributed by atoms with Crippen LogP contribution < -0.4 is 10.1 Å². The first kappa shape index (κ1) is 12.3. The fourth-order valence-corrected chi connectivity index (χ4v) is 2.49. The summed E-state index contributed by atoms with van der Waals surface area (Å²) in [5.41, 5.74) is 2.29. The second kappa shape index (κ2) is 5.00. The number of halogens is 2. The van der Waals surface area contributed by atoms with Gasteiger partial charge in [0.1, 0.15) is 5.75 Å². The molecule has 4 heteroatoms. The van der Waals surface area contributed by atoms with Crippen LogP contribution >= 0.6 is 0 Å². The van der Waals surface area contributed by atoms with Crippen LogP contribution in [0.4, 0.5) is 8.78 Å². The fraction of sp³-hybridized carbons (Fsp3) is 0.538. The zero-order valence-corrected chi connectivity index (χ0v) is 10.0. The Balaban J connectivity index is 2.23. The van der Waals surface area contributed by atoms with Crippen LogP contribution in [0.1, 0.15) is 37.3 Å². The molecule has 0 saturated carbocycles. The Hall–Kier alpha value is -1.16. The summed E-state index contributed by atoms with van der Waals surface area (Å²) in [6.45, 7) is 2.27. The van der Waals surface area contributed by atoms with Crippen molar-refractivity contribution in [3.63, 3.8) is 0 Å². The number of rotatable bonds is 3. The molecule has 1 aromatic rings. The van der Waals surface area contributed by atoms with Gasteiger partial charge in [-0.3, -0.25) is 0 Å². The van der Waals surface area contributed by atoms with Gasteiger partial charge in [0.2, 0.25) is 0 Å². The van der Waals surface area contributed by atoms with Crippen LogP contribution in [0.15, 0.2) is 18.2 Å². The molecule has 94 valence electrons. The van der Waals surface area contributed by atoms with Crippen LogP contribution in [-0.2, 0) is 6.54 Å². The Kier molecular flexibility index (Phi) is 3.62. The van der Waals surface area contributed by atoms with Gasteiger partial charge >= 0.3 is 6.61 Å². The van der Waals surface area contributed by atoms with E-state index in [4.69, 9.17) is 0 Å². The molecule has 0 bridgehead atoms. The van der Waals surface area contributed by atoms with E-state index >= 15 is 0 Å². The van der Waals surface area contributed by atoms with Crippen LogP contribution in [0.3, 0.4) is 0 Å². The van der Waals surface area contributed by atoms with Crippen LogP contribution in [-0.4, -0.2) is 12.7 Å². The second-order valence-electron chi connectivity index (χ2n) is 4.42. The van der Waals surface area contributed by atoms with E-state index in [2.05, 4.69) is 23.9 Å². The molecule has 1 N–H and O–H groups in total. The van der Waals surface area contributed by atoms with Crippen molar-refractivity contribution < 1.29 is 13.5 Å². The highest BCUT2D eigenvalue weighted by Crippen LogP contribution is 2.31. The van der Waals surface area contributed by atoms with E-state index in [1.54, 1.807) is 12.1 Å². The van der Waals surface area contributed by atoms with Gasteiger partial charge in [0.05, 0.1) is 0 Å². The Morgan fingerprint density at radius 1 is 1.47 bits per heavy atom. The quantitative estimate of drug-likeness (QED) is 0.877. The predicted octanol–water partition coefficient (Wildman–Crippen LogP) is 3.27. The smallest absolute Gasteiger partial charge is 0.387 e. The van der Waals surface area contributed by atoms with Gasteiger partial charge in [-0.05, 0) is 35.6 Å². The Bertz CT molecular complexity index is 395. The van der Waals surface area contributed by atoms with Crippen molar-refractivity contribution in [3.05, 3.63) is 29.3 Å². The highest BCUT2D eigenvalue weighted by atomic mass is 19.3. The molecule has 0 saturated heterocycles. The van der Waals surface area contributed by atoms with E-state index in [0.717, 1.165) is 18.5 Å². The molecule has 1 heterocycles. The molecule has 2 nitrogen and oxygen atoms in total. The maximum absolute atomic E-state index is 12.1. The third kappa shape index (κ3) is 2.57. The minimum absolute atomic E-state index is 0.239. The molecule has 0 aliphatic carbocycles. The lowest BCUT2D eigenvalue weighted by atomic mass is 9.85. The van der Waals surface area contributed by atoms with Gasteiger partial charge in [0.15, 0.2) is 0 Å². The van der Waals surface area contributed by atoms with Crippen molar-refractivity contribution in [2.45, 2.75) is 45.4 Å². The zero-order valence-electron chi connectivity index (χ0n) is 10.0. The number of nitrogens with one attached hydrogen (secondary N) is 1. The number of ether oxygens (including phenoxy) is 1. The van der Waals surface area contributed by atoms with E-state index in [-0.39, 0.29) is 5.75 Å². The van der Waals surface area contributed by atoms with Crippen molar-refractivity contribution in [1.82, 2.24) is 5.32 Å². The number of benzene rings is 1. The molecule has 0 amide bonds. The highest BCUT2D eigenvalue weighted by Gasteiger charge is 2.24. The molecule has 0 fully saturated rings. The molecule has 0 spiro atoms. The average molecular weight is 241 g/mol. The van der Waals surface area contributed by atoms with E-state index < -0.39 is 6.61 Å². The molecular formula is C13H17F2NO. The summed E-state index contributed by atoms with van der Waals surface area (Å²) in [6.07, 6.45) is 1.07. The van der Waals surface area contributed by atoms with E-state index in [1.807, 2.05) is 6.07 Å². The number of alkyl halides is 2. The van der Waals surface area contributed by atoms with Gasteiger partial charge in [-0.2, -0.15) is 8.78 Å². The maximum atomic E-state index is 12.1. The standard InChI is InChI=1S/C13H17F2NO/c1-3-12-8(2)11-5-4-10(17-13(14)15)6-9(11)7-16-12/h4-6,8,12-13,16H,3,7H2,1-2H3. The molecule has 2 unspecified atom stereocenters. The van der Waals surface area contributed by atoms with Crippen molar-refractivity contribution >= 4 is 0 Å². The molecule has 1 aromatic carbocycles. The van der Waals surface area contributed by atoms with E-state index in [1.165, 1.54) is 5.56 Å². The summed E-state index contributed by atoms with van der Waals surface area (Å²) in [7, 11) is 0. The van der Waals surface area contributed by atoms with Gasteiger partial charge in [-0.25, -0.2) is 0 Å². The zero-order chi connectivity index (χ0) is 12.4. The topological polar surface area (TPSA) is 21.3 Å². The largest absolute Gasteiger partial charge is 0.435 e. The number of hydrogen-bond acceptors (Lipinski definition) is 2. The van der Waals surface area contributed by atoms with Crippen LogP contribution in [0, 0.1) is 0 Å². The maximum Gasteiger partial charge on any atom is 0.387 e. The third-order valence-corrected chi connectivity index (χ3v) is 3.43. The second-order valence-corrected chi connectivity index (χ2v) is 4.42. The van der Waals surface area contributed by atoms with Gasteiger partial charge in [-0.15, -0.1) is 0 Å². The van der Waals surface area contributed by atoms with Crippen molar-refractivity contribution in [3.8, 4) is 5.75 Å². The SMILES string of the molecule is CCC1NCc2cc(OC(F)F)ccc2C1C. The van der Waals surface area contributed by atoms with Crippen molar-refractivity contribution in [1.29, 1.82) is 0 Å². The van der Waals surface area contributed by atoms with Gasteiger partial charge in [0, 0.05) is 12.6 Å². The summed E-state index contributed by atoms with van der Waals surface area (Å²) in [5, 5.41) is 3.41. The summed E-state index contributed by atoms with van der Waals surface area (Å²) in [5.74, 6) is 0.645. The lowest BCUT2D eigenvalue weighted by molar-refractivity contribution is -0.0499.